The Morgan fingerprint density at radius 3 is 2.12 bits per heavy atom. The minimum Gasteiger partial charge on any atom is -0.481 e. The van der Waals surface area contributed by atoms with Crippen LogP contribution in [0.2, 0.25) is 0 Å². The number of hydrogen-bond donors (Lipinski definition) is 1. The third kappa shape index (κ3) is 11.0. The Labute approximate surface area is 198 Å². The average Bonchev–Trinajstić information content (AvgIpc) is 2.79. The van der Waals surface area contributed by atoms with Gasteiger partial charge in [-0.25, -0.2) is 0 Å². The van der Waals surface area contributed by atoms with Crippen molar-refractivity contribution in [3.63, 3.8) is 0 Å². The molecule has 2 nitrogen and oxygen atoms in total. The van der Waals surface area contributed by atoms with Crippen LogP contribution in [-0.2, 0) is 11.2 Å². The zero-order valence-electron chi connectivity index (χ0n) is 21.2. The summed E-state index contributed by atoms with van der Waals surface area (Å²) in [6.45, 7) is 4.58. The summed E-state index contributed by atoms with van der Waals surface area (Å²) in [4.78, 5) is 10.6. The van der Waals surface area contributed by atoms with Crippen molar-refractivity contribution in [2.75, 3.05) is 0 Å². The van der Waals surface area contributed by atoms with Gasteiger partial charge in [0.05, 0.1) is 0 Å². The zero-order valence-corrected chi connectivity index (χ0v) is 21.2. The van der Waals surface area contributed by atoms with Crippen LogP contribution in [-0.4, -0.2) is 11.1 Å². The lowest BCUT2D eigenvalue weighted by atomic mass is 9.76. The SMILES string of the molecule is CCCCCCCCC[C@H]1CC[C@H](c2ccc(CCCCCCCC(=O)O)c(C)c2)CC1. The third-order valence-electron chi connectivity index (χ3n) is 7.74. The molecule has 182 valence electrons. The molecular formula is C30H50O2. The van der Waals surface area contributed by atoms with Gasteiger partial charge in [-0.05, 0) is 80.4 Å². The number of carbonyl (C=O) groups is 1. The maximum atomic E-state index is 10.6. The van der Waals surface area contributed by atoms with Crippen LogP contribution >= 0.6 is 0 Å². The van der Waals surface area contributed by atoms with Crippen LogP contribution < -0.4 is 0 Å². The van der Waals surface area contributed by atoms with Crippen LogP contribution in [0.3, 0.4) is 0 Å². The normalized spacial score (nSPS) is 18.7. The summed E-state index contributed by atoms with van der Waals surface area (Å²) in [6, 6.07) is 7.28. The summed E-state index contributed by atoms with van der Waals surface area (Å²) < 4.78 is 0. The molecule has 32 heavy (non-hydrogen) atoms. The summed E-state index contributed by atoms with van der Waals surface area (Å²) in [5, 5.41) is 8.70. The summed E-state index contributed by atoms with van der Waals surface area (Å²) in [6.07, 6.45) is 24.1. The van der Waals surface area contributed by atoms with E-state index in [2.05, 4.69) is 32.0 Å². The number of rotatable bonds is 17. The van der Waals surface area contributed by atoms with Gasteiger partial charge in [-0.3, -0.25) is 4.79 Å². The van der Waals surface area contributed by atoms with Crippen molar-refractivity contribution >= 4 is 5.97 Å². The molecule has 0 spiro atoms. The summed E-state index contributed by atoms with van der Waals surface area (Å²) in [5.41, 5.74) is 4.56. The fourth-order valence-electron chi connectivity index (χ4n) is 5.55. The molecule has 2 heteroatoms. The fraction of sp³-hybridized carbons (Fsp3) is 0.767. The Hall–Kier alpha value is -1.31. The molecule has 1 fully saturated rings. The van der Waals surface area contributed by atoms with Crippen molar-refractivity contribution in [3.8, 4) is 0 Å². The first-order valence-electron chi connectivity index (χ1n) is 13.9. The molecule has 0 amide bonds. The number of hydrogen-bond acceptors (Lipinski definition) is 1. The van der Waals surface area contributed by atoms with Crippen molar-refractivity contribution in [1.82, 2.24) is 0 Å². The first kappa shape index (κ1) is 26.9. The minimum absolute atomic E-state index is 0.321. The van der Waals surface area contributed by atoms with E-state index < -0.39 is 5.97 Å². The summed E-state index contributed by atoms with van der Waals surface area (Å²) in [5.74, 6) is 1.10. The molecule has 0 bridgehead atoms. The van der Waals surface area contributed by atoms with Crippen molar-refractivity contribution in [1.29, 1.82) is 0 Å². The van der Waals surface area contributed by atoms with E-state index in [0.29, 0.717) is 6.42 Å². The van der Waals surface area contributed by atoms with Gasteiger partial charge in [0.2, 0.25) is 0 Å². The van der Waals surface area contributed by atoms with Crippen LogP contribution in [0.5, 0.6) is 0 Å². The van der Waals surface area contributed by atoms with Crippen molar-refractivity contribution < 1.29 is 9.90 Å². The Kier molecular flexibility index (Phi) is 13.7. The Bertz CT molecular complexity index is 628. The number of benzene rings is 1. The van der Waals surface area contributed by atoms with Crippen LogP contribution in [0.4, 0.5) is 0 Å². The predicted molar refractivity (Wildman–Crippen MR) is 138 cm³/mol. The van der Waals surface area contributed by atoms with Gasteiger partial charge in [0, 0.05) is 6.42 Å². The van der Waals surface area contributed by atoms with E-state index in [1.165, 1.54) is 101 Å². The molecule has 0 unspecified atom stereocenters. The molecule has 1 aromatic rings. The molecule has 0 aromatic heterocycles. The van der Waals surface area contributed by atoms with E-state index >= 15 is 0 Å². The van der Waals surface area contributed by atoms with Gasteiger partial charge in [0.1, 0.15) is 0 Å². The van der Waals surface area contributed by atoms with Gasteiger partial charge in [-0.2, -0.15) is 0 Å². The molecule has 0 radical (unpaired) electrons. The molecule has 1 aromatic carbocycles. The number of aryl methyl sites for hydroxylation is 2. The first-order valence-corrected chi connectivity index (χ1v) is 13.9. The van der Waals surface area contributed by atoms with E-state index in [1.54, 1.807) is 5.56 Å². The summed E-state index contributed by atoms with van der Waals surface area (Å²) in [7, 11) is 0. The van der Waals surface area contributed by atoms with Crippen LogP contribution in [0.25, 0.3) is 0 Å². The maximum Gasteiger partial charge on any atom is 0.303 e. The number of carboxylic acids is 1. The lowest BCUT2D eigenvalue weighted by molar-refractivity contribution is -0.137. The van der Waals surface area contributed by atoms with Crippen LogP contribution in [0.1, 0.15) is 145 Å². The topological polar surface area (TPSA) is 37.3 Å². The molecule has 1 aliphatic rings. The third-order valence-corrected chi connectivity index (χ3v) is 7.74. The van der Waals surface area contributed by atoms with Gasteiger partial charge < -0.3 is 5.11 Å². The van der Waals surface area contributed by atoms with E-state index in [0.717, 1.165) is 37.5 Å². The van der Waals surface area contributed by atoms with Gasteiger partial charge >= 0.3 is 5.97 Å². The number of carboxylic acid groups (broad SMARTS) is 1. The Balaban J connectivity index is 1.60. The second kappa shape index (κ2) is 16.3. The van der Waals surface area contributed by atoms with Crippen molar-refractivity contribution in [2.45, 2.75) is 142 Å². The van der Waals surface area contributed by atoms with E-state index in [-0.39, 0.29) is 0 Å². The highest BCUT2D eigenvalue weighted by Gasteiger charge is 2.22. The predicted octanol–water partition coefficient (Wildman–Crippen LogP) is 9.38. The average molecular weight is 443 g/mol. The van der Waals surface area contributed by atoms with Gasteiger partial charge in [0.15, 0.2) is 0 Å². The molecular weight excluding hydrogens is 392 g/mol. The highest BCUT2D eigenvalue weighted by molar-refractivity contribution is 5.66. The highest BCUT2D eigenvalue weighted by atomic mass is 16.4. The number of unbranched alkanes of at least 4 members (excludes halogenated alkanes) is 10. The van der Waals surface area contributed by atoms with Crippen LogP contribution in [0.15, 0.2) is 18.2 Å². The molecule has 2 rings (SSSR count). The largest absolute Gasteiger partial charge is 0.481 e. The van der Waals surface area contributed by atoms with Gasteiger partial charge in [-0.15, -0.1) is 0 Å². The minimum atomic E-state index is -0.664. The lowest BCUT2D eigenvalue weighted by Gasteiger charge is -2.29. The van der Waals surface area contributed by atoms with E-state index in [9.17, 15) is 4.79 Å². The maximum absolute atomic E-state index is 10.6. The zero-order chi connectivity index (χ0) is 23.0. The van der Waals surface area contributed by atoms with E-state index in [1.807, 2.05) is 0 Å². The van der Waals surface area contributed by atoms with Crippen molar-refractivity contribution in [3.05, 3.63) is 34.9 Å². The highest BCUT2D eigenvalue weighted by Crippen LogP contribution is 2.38. The molecule has 0 atom stereocenters. The summed E-state index contributed by atoms with van der Waals surface area (Å²) >= 11 is 0. The standard InChI is InChI=1S/C30H50O2/c1-3-4-5-6-7-9-12-15-26-18-20-28(21-19-26)29-23-22-27(25(2)24-29)16-13-10-8-11-14-17-30(31)32/h22-24,26,28H,3-21H2,1-2H3,(H,31,32)/t26-,28-. The first-order chi connectivity index (χ1) is 15.6. The second-order valence-corrected chi connectivity index (χ2v) is 10.5. The lowest BCUT2D eigenvalue weighted by Crippen LogP contribution is -2.13. The van der Waals surface area contributed by atoms with Gasteiger partial charge in [-0.1, -0.05) is 95.8 Å². The quantitative estimate of drug-likeness (QED) is 0.244. The molecule has 0 saturated heterocycles. The molecule has 1 aliphatic carbocycles. The smallest absolute Gasteiger partial charge is 0.303 e. The second-order valence-electron chi connectivity index (χ2n) is 10.5. The van der Waals surface area contributed by atoms with Crippen LogP contribution in [0, 0.1) is 12.8 Å². The molecule has 0 heterocycles. The Morgan fingerprint density at radius 1 is 0.844 bits per heavy atom. The molecule has 0 aliphatic heterocycles. The van der Waals surface area contributed by atoms with Crippen molar-refractivity contribution in [2.24, 2.45) is 5.92 Å². The molecule has 1 N–H and O–H groups in total. The number of aliphatic carboxylic acids is 1. The molecule has 1 saturated carbocycles. The van der Waals surface area contributed by atoms with Gasteiger partial charge in [0.25, 0.3) is 0 Å². The monoisotopic (exact) mass is 442 g/mol. The van der Waals surface area contributed by atoms with E-state index in [4.69, 9.17) is 5.11 Å². The Morgan fingerprint density at radius 2 is 1.47 bits per heavy atom. The fourth-order valence-corrected chi connectivity index (χ4v) is 5.55.